The van der Waals surface area contributed by atoms with Crippen LogP contribution in [0.1, 0.15) is 258 Å². The van der Waals surface area contributed by atoms with Gasteiger partial charge in [0.25, 0.3) is 6.29 Å². The fraction of sp³-hybridized carbons (Fsp3) is 0.681. The van der Waals surface area contributed by atoms with Crippen LogP contribution in [0, 0.1) is 0 Å². The normalized spacial score (nSPS) is 13.5. The van der Waals surface area contributed by atoms with Crippen LogP contribution in [0.25, 0.3) is 0 Å². The van der Waals surface area contributed by atoms with Crippen LogP contribution >= 0.6 is 0 Å². The molecule has 0 spiro atoms. The number of ether oxygens (including phenoxy) is 4. The molecule has 9 heteroatoms. The van der Waals surface area contributed by atoms with Crippen molar-refractivity contribution in [1.29, 1.82) is 0 Å². The standard InChI is InChI=1S/C72H121NO8/c1-6-8-10-12-14-16-18-20-22-24-26-27-28-29-30-31-32-33-34-35-36-37-38-39-40-41-42-43-45-47-49-51-53-55-57-59-61-63-70(75)81-68(67-80-72(71(76)77)78-65-64-73(3,4)5)66-79-69(74)62-60-58-56-54-52-50-48-46-44-25-23-21-19-17-15-13-11-9-7-2/h8,10,14-17,20-23,26-27,29-30,32-33,35-36,44,46,68,72H,6-7,9,11-13,18-19,24-25,28,31,34,37-43,45,47-67H2,1-5H3/p+1/b10-8-,16-14-,17-15-,22-20-,23-21-,27-26-,30-29-,33-32-,36-35-,46-44-. The summed E-state index contributed by atoms with van der Waals surface area (Å²) in [5.41, 5.74) is 0. The van der Waals surface area contributed by atoms with Crippen LogP contribution in [0.2, 0.25) is 0 Å². The summed E-state index contributed by atoms with van der Waals surface area (Å²) >= 11 is 0. The lowest BCUT2D eigenvalue weighted by molar-refractivity contribution is -0.870. The molecule has 0 bridgehead atoms. The fourth-order valence-corrected chi connectivity index (χ4v) is 8.71. The topological polar surface area (TPSA) is 108 Å². The molecule has 0 rings (SSSR count). The Labute approximate surface area is 497 Å². The van der Waals surface area contributed by atoms with Crippen molar-refractivity contribution >= 4 is 17.9 Å². The fourth-order valence-electron chi connectivity index (χ4n) is 8.71. The maximum atomic E-state index is 12.9. The maximum absolute atomic E-state index is 12.9. The molecule has 0 aliphatic carbocycles. The first-order valence-corrected chi connectivity index (χ1v) is 32.7. The van der Waals surface area contributed by atoms with E-state index < -0.39 is 24.3 Å². The molecular weight excluding hydrogens is 1010 g/mol. The van der Waals surface area contributed by atoms with Crippen molar-refractivity contribution in [3.8, 4) is 0 Å². The average molecular weight is 1130 g/mol. The Balaban J connectivity index is 4.14. The monoisotopic (exact) mass is 1130 g/mol. The van der Waals surface area contributed by atoms with Gasteiger partial charge in [-0.2, -0.15) is 0 Å². The van der Waals surface area contributed by atoms with Gasteiger partial charge in [-0.3, -0.25) is 9.59 Å². The highest BCUT2D eigenvalue weighted by atomic mass is 16.7. The number of quaternary nitrogens is 1. The van der Waals surface area contributed by atoms with Crippen molar-refractivity contribution in [2.75, 3.05) is 47.5 Å². The molecule has 0 aromatic rings. The number of carbonyl (C=O) groups is 3. The quantitative estimate of drug-likeness (QED) is 0.0211. The molecule has 0 aliphatic heterocycles. The van der Waals surface area contributed by atoms with E-state index in [0.29, 0.717) is 17.4 Å². The molecule has 1 N–H and O–H groups in total. The van der Waals surface area contributed by atoms with E-state index in [-0.39, 0.29) is 38.6 Å². The number of rotatable bonds is 59. The SMILES string of the molecule is CC/C=C\C/C=C\C/C=C\C/C=C\C/C=C\C/C=C\C/C=C\CCCCCCCCCCCCCCCCCC(=O)OC(COC(=O)CCCCCCCC/C=C\C/C=C\C/C=C\CCCCC)COC(OCC[N+](C)(C)C)C(=O)O. The third kappa shape index (κ3) is 63.1. The van der Waals surface area contributed by atoms with E-state index in [1.165, 1.54) is 116 Å². The smallest absolute Gasteiger partial charge is 0.361 e. The number of unbranched alkanes of at least 4 members (excludes halogenated alkanes) is 24. The molecule has 2 unspecified atom stereocenters. The molecule has 2 atom stereocenters. The number of hydrogen-bond acceptors (Lipinski definition) is 7. The molecule has 0 amide bonds. The molecule has 81 heavy (non-hydrogen) atoms. The van der Waals surface area contributed by atoms with Crippen molar-refractivity contribution in [1.82, 2.24) is 0 Å². The molecule has 462 valence electrons. The number of carboxylic acid groups (broad SMARTS) is 1. The minimum absolute atomic E-state index is 0.181. The molecule has 0 aliphatic rings. The second-order valence-corrected chi connectivity index (χ2v) is 22.7. The van der Waals surface area contributed by atoms with Gasteiger partial charge >= 0.3 is 17.9 Å². The summed E-state index contributed by atoms with van der Waals surface area (Å²) in [4.78, 5) is 37.5. The van der Waals surface area contributed by atoms with Gasteiger partial charge in [-0.25, -0.2) is 4.79 Å². The number of likely N-dealkylation sites (N-methyl/N-ethyl adjacent to an activating group) is 1. The lowest BCUT2D eigenvalue weighted by atomic mass is 10.0. The van der Waals surface area contributed by atoms with Crippen LogP contribution in [0.5, 0.6) is 0 Å². The highest BCUT2D eigenvalue weighted by Crippen LogP contribution is 2.16. The predicted octanol–water partition coefficient (Wildman–Crippen LogP) is 20.0. The summed E-state index contributed by atoms with van der Waals surface area (Å²) in [5, 5.41) is 9.72. The number of esters is 2. The largest absolute Gasteiger partial charge is 0.477 e. The van der Waals surface area contributed by atoms with Gasteiger partial charge < -0.3 is 28.5 Å². The van der Waals surface area contributed by atoms with E-state index >= 15 is 0 Å². The summed E-state index contributed by atoms with van der Waals surface area (Å²) in [5.74, 6) is -2.02. The first kappa shape index (κ1) is 76.7. The second-order valence-electron chi connectivity index (χ2n) is 22.7. The van der Waals surface area contributed by atoms with Crippen molar-refractivity contribution < 1.29 is 42.9 Å². The van der Waals surface area contributed by atoms with E-state index in [1.54, 1.807) is 0 Å². The number of hydrogen-bond donors (Lipinski definition) is 1. The molecule has 0 heterocycles. The third-order valence-corrected chi connectivity index (χ3v) is 13.7. The van der Waals surface area contributed by atoms with E-state index in [2.05, 4.69) is 135 Å². The Bertz CT molecular complexity index is 1740. The van der Waals surface area contributed by atoms with Gasteiger partial charge in [-0.15, -0.1) is 0 Å². The summed E-state index contributed by atoms with van der Waals surface area (Å²) in [6.07, 6.45) is 84.4. The predicted molar refractivity (Wildman–Crippen MR) is 345 cm³/mol. The van der Waals surface area contributed by atoms with Gasteiger partial charge in [-0.05, 0) is 109 Å². The lowest BCUT2D eigenvalue weighted by Crippen LogP contribution is -2.40. The Morgan fingerprint density at radius 3 is 1.05 bits per heavy atom. The molecule has 0 fully saturated rings. The minimum Gasteiger partial charge on any atom is -0.477 e. The second kappa shape index (κ2) is 61.8. The Kier molecular flexibility index (Phi) is 58.5. The highest BCUT2D eigenvalue weighted by Gasteiger charge is 2.25. The van der Waals surface area contributed by atoms with E-state index in [1.807, 2.05) is 21.1 Å². The van der Waals surface area contributed by atoms with Crippen molar-refractivity contribution in [3.05, 3.63) is 122 Å². The summed E-state index contributed by atoms with van der Waals surface area (Å²) in [7, 11) is 5.96. The van der Waals surface area contributed by atoms with E-state index in [0.717, 1.165) is 109 Å². The molecular formula is C72H122NO8+. The van der Waals surface area contributed by atoms with Crippen molar-refractivity contribution in [2.45, 2.75) is 270 Å². The Hall–Kier alpha value is -4.31. The van der Waals surface area contributed by atoms with Gasteiger partial charge in [0, 0.05) is 12.8 Å². The highest BCUT2D eigenvalue weighted by molar-refractivity contribution is 5.71. The molecule has 0 aromatic carbocycles. The van der Waals surface area contributed by atoms with Crippen molar-refractivity contribution in [3.63, 3.8) is 0 Å². The number of carboxylic acids is 1. The Morgan fingerprint density at radius 1 is 0.383 bits per heavy atom. The Morgan fingerprint density at radius 2 is 0.704 bits per heavy atom. The lowest BCUT2D eigenvalue weighted by Gasteiger charge is -2.25. The summed E-state index contributed by atoms with van der Waals surface area (Å²) in [6, 6.07) is 0. The van der Waals surface area contributed by atoms with Gasteiger partial charge in [0.2, 0.25) is 0 Å². The van der Waals surface area contributed by atoms with Gasteiger partial charge in [0.15, 0.2) is 6.10 Å². The third-order valence-electron chi connectivity index (χ3n) is 13.7. The molecule has 0 aromatic heterocycles. The number of allylic oxidation sites excluding steroid dienone is 20. The van der Waals surface area contributed by atoms with Crippen molar-refractivity contribution in [2.24, 2.45) is 0 Å². The number of aliphatic carboxylic acids is 1. The maximum Gasteiger partial charge on any atom is 0.361 e. The van der Waals surface area contributed by atoms with Gasteiger partial charge in [0.05, 0.1) is 34.4 Å². The zero-order chi connectivity index (χ0) is 59.1. The van der Waals surface area contributed by atoms with Crippen LogP contribution < -0.4 is 0 Å². The van der Waals surface area contributed by atoms with Crippen LogP contribution in [-0.4, -0.2) is 87.4 Å². The molecule has 0 saturated heterocycles. The zero-order valence-corrected chi connectivity index (χ0v) is 52.7. The van der Waals surface area contributed by atoms with E-state index in [4.69, 9.17) is 18.9 Å². The average Bonchev–Trinajstić information content (AvgIpc) is 3.44. The zero-order valence-electron chi connectivity index (χ0n) is 52.7. The molecule has 0 saturated carbocycles. The van der Waals surface area contributed by atoms with Crippen LogP contribution in [0.15, 0.2) is 122 Å². The van der Waals surface area contributed by atoms with Crippen LogP contribution in [0.3, 0.4) is 0 Å². The van der Waals surface area contributed by atoms with Gasteiger partial charge in [-0.1, -0.05) is 257 Å². The number of nitrogens with zero attached hydrogens (tertiary/aromatic N) is 1. The van der Waals surface area contributed by atoms with Crippen LogP contribution in [0.4, 0.5) is 0 Å². The summed E-state index contributed by atoms with van der Waals surface area (Å²) < 4.78 is 22.9. The number of carbonyl (C=O) groups excluding carboxylic acids is 2. The molecule has 0 radical (unpaired) electrons. The van der Waals surface area contributed by atoms with Crippen LogP contribution in [-0.2, 0) is 33.3 Å². The molecule has 9 nitrogen and oxygen atoms in total. The van der Waals surface area contributed by atoms with E-state index in [9.17, 15) is 19.5 Å². The minimum atomic E-state index is -1.52. The summed E-state index contributed by atoms with van der Waals surface area (Å²) in [6.45, 7) is 4.72. The van der Waals surface area contributed by atoms with Gasteiger partial charge in [0.1, 0.15) is 13.2 Å². The first-order chi connectivity index (χ1) is 39.6. The first-order valence-electron chi connectivity index (χ1n) is 32.7.